The van der Waals surface area contributed by atoms with E-state index in [-0.39, 0.29) is 29.4 Å². The van der Waals surface area contributed by atoms with E-state index in [1.807, 2.05) is 18.4 Å². The predicted octanol–water partition coefficient (Wildman–Crippen LogP) is 5.60. The van der Waals surface area contributed by atoms with E-state index in [1.165, 1.54) is 23.5 Å². The molecule has 1 heterocycles. The normalized spacial score (nSPS) is 11.9. The van der Waals surface area contributed by atoms with Crippen molar-refractivity contribution in [2.75, 3.05) is 43.1 Å². The summed E-state index contributed by atoms with van der Waals surface area (Å²) in [7, 11) is -3.48. The van der Waals surface area contributed by atoms with Gasteiger partial charge in [0.05, 0.1) is 20.9 Å². The number of sulfone groups is 1. The highest BCUT2D eigenvalue weighted by Gasteiger charge is 2.22. The van der Waals surface area contributed by atoms with Crippen LogP contribution in [0, 0.1) is 0 Å². The molecule has 0 aliphatic carbocycles. The quantitative estimate of drug-likeness (QED) is 0.279. The smallest absolute Gasteiger partial charge is 0.228 e. The Morgan fingerprint density at radius 3 is 2.44 bits per heavy atom. The molecule has 1 aromatic heterocycles. The van der Waals surface area contributed by atoms with Crippen molar-refractivity contribution in [1.82, 2.24) is 9.88 Å². The molecule has 0 fully saturated rings. The van der Waals surface area contributed by atoms with E-state index in [1.54, 1.807) is 28.8 Å². The molecule has 6 nitrogen and oxygen atoms in total. The topological polar surface area (TPSA) is 70.6 Å². The molecule has 3 rings (SSSR count). The maximum absolute atomic E-state index is 13.3. The lowest BCUT2D eigenvalue weighted by Crippen LogP contribution is -2.38. The van der Waals surface area contributed by atoms with Crippen LogP contribution in [0.5, 0.6) is 0 Å². The zero-order valence-electron chi connectivity index (χ0n) is 19.7. The second-order valence-electron chi connectivity index (χ2n) is 7.78. The van der Waals surface area contributed by atoms with Crippen LogP contribution in [-0.4, -0.2) is 62.4 Å². The maximum Gasteiger partial charge on any atom is 0.228 e. The van der Waals surface area contributed by atoms with Crippen LogP contribution in [0.25, 0.3) is 10.2 Å². The molecule has 184 valence electrons. The summed E-state index contributed by atoms with van der Waals surface area (Å²) >= 11 is 9.03. The molecule has 3 aromatic rings. The lowest BCUT2D eigenvalue weighted by molar-refractivity contribution is -0.118. The van der Waals surface area contributed by atoms with Crippen LogP contribution in [-0.2, 0) is 14.6 Å². The van der Waals surface area contributed by atoms with Gasteiger partial charge in [-0.05, 0) is 68.2 Å². The summed E-state index contributed by atoms with van der Waals surface area (Å²) in [6.07, 6.45) is 2.41. The van der Waals surface area contributed by atoms with Crippen LogP contribution in [0.3, 0.4) is 0 Å². The molecule has 0 bridgehead atoms. The maximum atomic E-state index is 13.3. The van der Waals surface area contributed by atoms with Gasteiger partial charge in [0, 0.05) is 29.4 Å². The minimum Gasteiger partial charge on any atom is -0.302 e. The Kier molecular flexibility index (Phi) is 9.79. The number of likely N-dealkylation sites (N-methyl/N-ethyl adjacent to an activating group) is 1. The van der Waals surface area contributed by atoms with E-state index >= 15 is 0 Å². The molecule has 0 aliphatic rings. The van der Waals surface area contributed by atoms with E-state index < -0.39 is 9.84 Å². The first-order chi connectivity index (χ1) is 16.3. The summed E-state index contributed by atoms with van der Waals surface area (Å²) in [6, 6.07) is 12.2. The molecule has 0 saturated carbocycles. The van der Waals surface area contributed by atoms with Crippen molar-refractivity contribution in [2.45, 2.75) is 36.5 Å². The average Bonchev–Trinajstić information content (AvgIpc) is 3.24. The van der Waals surface area contributed by atoms with Gasteiger partial charge in [0.15, 0.2) is 15.0 Å². The van der Waals surface area contributed by atoms with Crippen molar-refractivity contribution >= 4 is 65.8 Å². The van der Waals surface area contributed by atoms with Crippen LogP contribution in [0.15, 0.2) is 52.3 Å². The van der Waals surface area contributed by atoms with Crippen LogP contribution in [0.1, 0.15) is 26.7 Å². The zero-order chi connectivity index (χ0) is 24.7. The highest BCUT2D eigenvalue weighted by Crippen LogP contribution is 2.32. The Morgan fingerprint density at radius 1 is 1.09 bits per heavy atom. The molecule has 0 spiro atoms. The zero-order valence-corrected chi connectivity index (χ0v) is 22.9. The number of carbonyl (C=O) groups excluding carboxylic acids is 1. The van der Waals surface area contributed by atoms with Gasteiger partial charge in [0.25, 0.3) is 0 Å². The van der Waals surface area contributed by atoms with E-state index in [0.29, 0.717) is 16.7 Å². The number of aromatic nitrogens is 1. The van der Waals surface area contributed by atoms with Crippen molar-refractivity contribution < 1.29 is 13.2 Å². The molecule has 0 atom stereocenters. The lowest BCUT2D eigenvalue weighted by Gasteiger charge is -2.24. The van der Waals surface area contributed by atoms with Crippen LogP contribution in [0.4, 0.5) is 5.13 Å². The van der Waals surface area contributed by atoms with Gasteiger partial charge in [0.2, 0.25) is 5.91 Å². The number of rotatable bonds is 12. The standard InChI is InChI=1S/C24H30ClN3O3S3/c1-4-27(5-2)14-15-28(24-26-21-13-10-19(32-3)17-22(21)33-24)23(29)7-6-16-34(30,31)20-11-8-18(25)9-12-20/h8-13,17H,4-7,14-16H2,1-3H3. The van der Waals surface area contributed by atoms with Crippen LogP contribution in [0.2, 0.25) is 5.02 Å². The first kappa shape index (κ1) is 26.9. The molecule has 34 heavy (non-hydrogen) atoms. The Bertz CT molecular complexity index is 1210. The van der Waals surface area contributed by atoms with Crippen molar-refractivity contribution in [3.05, 3.63) is 47.5 Å². The number of anilines is 1. The highest BCUT2D eigenvalue weighted by atomic mass is 35.5. The second kappa shape index (κ2) is 12.4. The Balaban J connectivity index is 1.74. The lowest BCUT2D eigenvalue weighted by atomic mass is 10.3. The van der Waals surface area contributed by atoms with Crippen molar-refractivity contribution in [2.24, 2.45) is 0 Å². The van der Waals surface area contributed by atoms with E-state index in [2.05, 4.69) is 24.8 Å². The van der Waals surface area contributed by atoms with Gasteiger partial charge < -0.3 is 4.90 Å². The van der Waals surface area contributed by atoms with E-state index in [4.69, 9.17) is 16.6 Å². The van der Waals surface area contributed by atoms with Crippen molar-refractivity contribution in [1.29, 1.82) is 0 Å². The minimum atomic E-state index is -3.48. The number of halogens is 1. The first-order valence-electron chi connectivity index (χ1n) is 11.2. The summed E-state index contributed by atoms with van der Waals surface area (Å²) < 4.78 is 26.3. The molecular formula is C24H30ClN3O3S3. The van der Waals surface area contributed by atoms with E-state index in [0.717, 1.165) is 34.7 Å². The SMILES string of the molecule is CCN(CC)CCN(C(=O)CCCS(=O)(=O)c1ccc(Cl)cc1)c1nc2ccc(SC)cc2s1. The number of hydrogen-bond donors (Lipinski definition) is 0. The summed E-state index contributed by atoms with van der Waals surface area (Å²) in [6.45, 7) is 7.23. The second-order valence-corrected chi connectivity index (χ2v) is 12.2. The molecule has 0 saturated heterocycles. The number of amides is 1. The molecule has 0 N–H and O–H groups in total. The van der Waals surface area contributed by atoms with Crippen LogP contribution >= 0.6 is 34.7 Å². The van der Waals surface area contributed by atoms with E-state index in [9.17, 15) is 13.2 Å². The fourth-order valence-corrected chi connectivity index (χ4v) is 6.55. The number of thiazole rings is 1. The molecular weight excluding hydrogens is 510 g/mol. The molecule has 2 aromatic carbocycles. The molecule has 0 aliphatic heterocycles. The fraction of sp³-hybridized carbons (Fsp3) is 0.417. The highest BCUT2D eigenvalue weighted by molar-refractivity contribution is 7.98. The molecule has 0 radical (unpaired) electrons. The van der Waals surface area contributed by atoms with Crippen molar-refractivity contribution in [3.8, 4) is 0 Å². The largest absolute Gasteiger partial charge is 0.302 e. The predicted molar refractivity (Wildman–Crippen MR) is 144 cm³/mol. The Hall–Kier alpha value is -1.65. The summed E-state index contributed by atoms with van der Waals surface area (Å²) in [4.78, 5) is 23.3. The van der Waals surface area contributed by atoms with Gasteiger partial charge in [0.1, 0.15) is 0 Å². The molecule has 0 unspecified atom stereocenters. The third-order valence-electron chi connectivity index (χ3n) is 5.63. The Morgan fingerprint density at radius 2 is 1.79 bits per heavy atom. The monoisotopic (exact) mass is 539 g/mol. The first-order valence-corrected chi connectivity index (χ1v) is 15.3. The number of hydrogen-bond acceptors (Lipinski definition) is 7. The Labute approximate surface area is 215 Å². The van der Waals surface area contributed by atoms with Gasteiger partial charge in [-0.15, -0.1) is 11.8 Å². The minimum absolute atomic E-state index is 0.0960. The summed E-state index contributed by atoms with van der Waals surface area (Å²) in [5.74, 6) is -0.205. The number of carbonyl (C=O) groups is 1. The van der Waals surface area contributed by atoms with Crippen LogP contribution < -0.4 is 4.90 Å². The number of thioether (sulfide) groups is 1. The van der Waals surface area contributed by atoms with Gasteiger partial charge in [-0.3, -0.25) is 9.69 Å². The third kappa shape index (κ3) is 6.95. The van der Waals surface area contributed by atoms with Gasteiger partial charge >= 0.3 is 0 Å². The summed E-state index contributed by atoms with van der Waals surface area (Å²) in [5.41, 5.74) is 0.865. The number of fused-ring (bicyclic) bond motifs is 1. The van der Waals surface area contributed by atoms with Crippen molar-refractivity contribution in [3.63, 3.8) is 0 Å². The molecule has 10 heteroatoms. The molecule has 1 amide bonds. The number of benzene rings is 2. The van der Waals surface area contributed by atoms with Gasteiger partial charge in [-0.1, -0.05) is 36.8 Å². The average molecular weight is 540 g/mol. The fourth-order valence-electron chi connectivity index (χ4n) is 3.55. The number of nitrogens with zero attached hydrogens (tertiary/aromatic N) is 3. The van der Waals surface area contributed by atoms with Gasteiger partial charge in [-0.25, -0.2) is 13.4 Å². The summed E-state index contributed by atoms with van der Waals surface area (Å²) in [5, 5.41) is 1.14. The third-order valence-corrected chi connectivity index (χ3v) is 9.46. The van der Waals surface area contributed by atoms with Gasteiger partial charge in [-0.2, -0.15) is 0 Å².